The maximum Gasteiger partial charge on any atom is 0.137 e. The second-order valence-corrected chi connectivity index (χ2v) is 4.29. The van der Waals surface area contributed by atoms with Crippen molar-refractivity contribution in [1.29, 1.82) is 0 Å². The molecule has 5 heteroatoms. The number of ether oxygens (including phenoxy) is 1. The molecule has 0 radical (unpaired) electrons. The largest absolute Gasteiger partial charge is 0.383 e. The normalized spacial score (nSPS) is 12.3. The highest BCUT2D eigenvalue weighted by molar-refractivity contribution is 5.45. The lowest BCUT2D eigenvalue weighted by molar-refractivity contribution is 0.190. The summed E-state index contributed by atoms with van der Waals surface area (Å²) in [6.45, 7) is 3.53. The summed E-state index contributed by atoms with van der Waals surface area (Å²) < 4.78 is 6.89. The van der Waals surface area contributed by atoms with Crippen LogP contribution < -0.4 is 5.32 Å². The molecule has 1 atom stereocenters. The number of hydrogen-bond acceptors (Lipinski definition) is 4. The highest BCUT2D eigenvalue weighted by Gasteiger charge is 2.01. The van der Waals surface area contributed by atoms with E-state index in [-0.39, 0.29) is 0 Å². The zero-order chi connectivity index (χ0) is 12.8. The zero-order valence-corrected chi connectivity index (χ0v) is 10.7. The van der Waals surface area contributed by atoms with Crippen molar-refractivity contribution in [3.8, 4) is 0 Å². The molecule has 0 aliphatic heterocycles. The first-order chi connectivity index (χ1) is 8.78. The predicted molar refractivity (Wildman–Crippen MR) is 70.5 cm³/mol. The highest BCUT2D eigenvalue weighted by atomic mass is 16.5. The van der Waals surface area contributed by atoms with E-state index < -0.39 is 0 Å². The molecule has 0 amide bonds. The average Bonchev–Trinajstić information content (AvgIpc) is 2.85. The van der Waals surface area contributed by atoms with Gasteiger partial charge in [0.05, 0.1) is 13.2 Å². The summed E-state index contributed by atoms with van der Waals surface area (Å²) in [4.78, 5) is 3.92. The van der Waals surface area contributed by atoms with Gasteiger partial charge in [-0.25, -0.2) is 9.67 Å². The minimum absolute atomic E-state index is 0.302. The zero-order valence-electron chi connectivity index (χ0n) is 10.7. The Labute approximate surface area is 107 Å². The van der Waals surface area contributed by atoms with Gasteiger partial charge in [0.25, 0.3) is 0 Å². The molecule has 0 saturated heterocycles. The maximum atomic E-state index is 5.09. The molecule has 2 rings (SSSR count). The lowest BCUT2D eigenvalue weighted by atomic mass is 10.2. The van der Waals surface area contributed by atoms with E-state index in [1.54, 1.807) is 24.4 Å². The molecule has 5 nitrogen and oxygen atoms in total. The molecule has 0 fully saturated rings. The van der Waals surface area contributed by atoms with Crippen molar-refractivity contribution in [2.75, 3.05) is 19.0 Å². The van der Waals surface area contributed by atoms with E-state index in [1.807, 2.05) is 0 Å². The summed E-state index contributed by atoms with van der Waals surface area (Å²) in [5.41, 5.74) is 2.30. The van der Waals surface area contributed by atoms with Gasteiger partial charge < -0.3 is 10.1 Å². The number of rotatable bonds is 6. The van der Waals surface area contributed by atoms with Crippen LogP contribution in [0.1, 0.15) is 12.5 Å². The topological polar surface area (TPSA) is 52.0 Å². The summed E-state index contributed by atoms with van der Waals surface area (Å²) in [5, 5.41) is 7.45. The molecule has 1 aromatic heterocycles. The molecule has 0 aliphatic rings. The monoisotopic (exact) mass is 246 g/mol. The molecular formula is C13H18N4O. The predicted octanol–water partition coefficient (Wildman–Crippen LogP) is 1.77. The third-order valence-corrected chi connectivity index (χ3v) is 2.59. The Kier molecular flexibility index (Phi) is 4.30. The number of hydrogen-bond donors (Lipinski definition) is 1. The van der Waals surface area contributed by atoms with E-state index >= 15 is 0 Å². The van der Waals surface area contributed by atoms with Crippen LogP contribution >= 0.6 is 0 Å². The first kappa shape index (κ1) is 12.6. The summed E-state index contributed by atoms with van der Waals surface area (Å²) in [6.07, 6.45) is 3.26. The molecule has 0 spiro atoms. The van der Waals surface area contributed by atoms with Crippen LogP contribution in [-0.2, 0) is 11.3 Å². The fourth-order valence-corrected chi connectivity index (χ4v) is 1.78. The quantitative estimate of drug-likeness (QED) is 0.844. The number of nitrogens with one attached hydrogen (secondary N) is 1. The van der Waals surface area contributed by atoms with E-state index in [2.05, 4.69) is 46.6 Å². The number of methoxy groups -OCH3 is 1. The van der Waals surface area contributed by atoms with Gasteiger partial charge in [-0.15, -0.1) is 0 Å². The fourth-order valence-electron chi connectivity index (χ4n) is 1.78. The molecule has 2 aromatic rings. The lowest BCUT2D eigenvalue weighted by Gasteiger charge is -2.14. The van der Waals surface area contributed by atoms with Crippen molar-refractivity contribution in [3.05, 3.63) is 42.5 Å². The number of benzene rings is 1. The third kappa shape index (κ3) is 3.56. The SMILES string of the molecule is COCC(C)Nc1ccc(Cn2cncn2)cc1. The summed E-state index contributed by atoms with van der Waals surface area (Å²) >= 11 is 0. The van der Waals surface area contributed by atoms with Gasteiger partial charge in [-0.2, -0.15) is 5.10 Å². The van der Waals surface area contributed by atoms with Gasteiger partial charge in [-0.3, -0.25) is 0 Å². The Bertz CT molecular complexity index is 452. The Morgan fingerprint density at radius 1 is 1.33 bits per heavy atom. The van der Waals surface area contributed by atoms with Crippen molar-refractivity contribution in [1.82, 2.24) is 14.8 Å². The number of anilines is 1. The molecular weight excluding hydrogens is 228 g/mol. The summed E-state index contributed by atoms with van der Waals surface area (Å²) in [5.74, 6) is 0. The Hall–Kier alpha value is -1.88. The molecule has 0 saturated carbocycles. The number of nitrogens with zero attached hydrogens (tertiary/aromatic N) is 3. The molecule has 18 heavy (non-hydrogen) atoms. The van der Waals surface area contributed by atoms with Gasteiger partial charge in [0.1, 0.15) is 12.7 Å². The van der Waals surface area contributed by atoms with Crippen LogP contribution in [0.15, 0.2) is 36.9 Å². The Balaban J connectivity index is 1.93. The molecule has 1 N–H and O–H groups in total. The Morgan fingerprint density at radius 2 is 2.11 bits per heavy atom. The van der Waals surface area contributed by atoms with Crippen LogP contribution in [0.3, 0.4) is 0 Å². The highest BCUT2D eigenvalue weighted by Crippen LogP contribution is 2.11. The van der Waals surface area contributed by atoms with E-state index in [1.165, 1.54) is 5.56 Å². The van der Waals surface area contributed by atoms with Crippen LogP contribution in [0.4, 0.5) is 5.69 Å². The standard InChI is InChI=1S/C13H18N4O/c1-11(8-18-2)16-13-5-3-12(4-6-13)7-17-10-14-9-15-17/h3-6,9-11,16H,7-8H2,1-2H3. The van der Waals surface area contributed by atoms with E-state index in [0.717, 1.165) is 12.2 Å². The van der Waals surface area contributed by atoms with Gasteiger partial charge in [-0.05, 0) is 24.6 Å². The maximum absolute atomic E-state index is 5.09. The average molecular weight is 246 g/mol. The second-order valence-electron chi connectivity index (χ2n) is 4.29. The van der Waals surface area contributed by atoms with Crippen molar-refractivity contribution in [2.45, 2.75) is 19.5 Å². The van der Waals surface area contributed by atoms with Crippen LogP contribution in [0.2, 0.25) is 0 Å². The second kappa shape index (κ2) is 6.16. The minimum atomic E-state index is 0.302. The van der Waals surface area contributed by atoms with Crippen LogP contribution in [0.5, 0.6) is 0 Å². The minimum Gasteiger partial charge on any atom is -0.383 e. The molecule has 0 bridgehead atoms. The van der Waals surface area contributed by atoms with Crippen molar-refractivity contribution >= 4 is 5.69 Å². The van der Waals surface area contributed by atoms with Gasteiger partial charge in [0, 0.05) is 18.8 Å². The fraction of sp³-hybridized carbons (Fsp3) is 0.385. The van der Waals surface area contributed by atoms with Gasteiger partial charge in [0.2, 0.25) is 0 Å². The van der Waals surface area contributed by atoms with Gasteiger partial charge in [0.15, 0.2) is 0 Å². The van der Waals surface area contributed by atoms with Crippen LogP contribution in [0, 0.1) is 0 Å². The molecule has 1 unspecified atom stereocenters. The smallest absolute Gasteiger partial charge is 0.137 e. The summed E-state index contributed by atoms with van der Waals surface area (Å²) in [7, 11) is 1.71. The van der Waals surface area contributed by atoms with Crippen LogP contribution in [0.25, 0.3) is 0 Å². The van der Waals surface area contributed by atoms with Gasteiger partial charge in [-0.1, -0.05) is 12.1 Å². The lowest BCUT2D eigenvalue weighted by Crippen LogP contribution is -2.20. The summed E-state index contributed by atoms with van der Waals surface area (Å²) in [6, 6.07) is 8.61. The Morgan fingerprint density at radius 3 is 2.72 bits per heavy atom. The van der Waals surface area contributed by atoms with Crippen LogP contribution in [-0.4, -0.2) is 34.5 Å². The molecule has 96 valence electrons. The van der Waals surface area contributed by atoms with E-state index in [0.29, 0.717) is 12.6 Å². The first-order valence-electron chi connectivity index (χ1n) is 5.95. The first-order valence-corrected chi connectivity index (χ1v) is 5.95. The third-order valence-electron chi connectivity index (χ3n) is 2.59. The van der Waals surface area contributed by atoms with E-state index in [9.17, 15) is 0 Å². The van der Waals surface area contributed by atoms with Crippen molar-refractivity contribution in [2.24, 2.45) is 0 Å². The van der Waals surface area contributed by atoms with Crippen molar-refractivity contribution in [3.63, 3.8) is 0 Å². The molecule has 1 aromatic carbocycles. The molecule has 0 aliphatic carbocycles. The molecule has 1 heterocycles. The van der Waals surface area contributed by atoms with Gasteiger partial charge >= 0.3 is 0 Å². The van der Waals surface area contributed by atoms with E-state index in [4.69, 9.17) is 4.74 Å². The van der Waals surface area contributed by atoms with Crippen molar-refractivity contribution < 1.29 is 4.74 Å². The number of aromatic nitrogens is 3.